The van der Waals surface area contributed by atoms with E-state index >= 15 is 0 Å². The fourth-order valence-corrected chi connectivity index (χ4v) is 1.90. The van der Waals surface area contributed by atoms with Gasteiger partial charge in [-0.05, 0) is 39.4 Å². The predicted octanol–water partition coefficient (Wildman–Crippen LogP) is 2.34. The van der Waals surface area contributed by atoms with Gasteiger partial charge < -0.3 is 10.4 Å². The zero-order valence-electron chi connectivity index (χ0n) is 9.83. The average molecular weight is 287 g/mol. The summed E-state index contributed by atoms with van der Waals surface area (Å²) in [4.78, 5) is 4.11. The summed E-state index contributed by atoms with van der Waals surface area (Å²) in [5.74, 6) is 0. The molecular weight excluding hydrogens is 268 g/mol. The molecule has 90 valence electrons. The number of nitrogens with one attached hydrogen (secondary N) is 1. The maximum atomic E-state index is 8.91. The lowest BCUT2D eigenvalue weighted by atomic mass is 9.90. The molecule has 0 aromatic carbocycles. The van der Waals surface area contributed by atoms with Crippen LogP contribution in [-0.4, -0.2) is 23.2 Å². The van der Waals surface area contributed by atoms with Crippen LogP contribution in [0.5, 0.6) is 0 Å². The molecule has 0 fully saturated rings. The first kappa shape index (κ1) is 13.6. The van der Waals surface area contributed by atoms with Crippen molar-refractivity contribution >= 4 is 15.9 Å². The lowest BCUT2D eigenvalue weighted by Gasteiger charge is -2.23. The number of hydrogen-bond donors (Lipinski definition) is 2. The third-order valence-electron chi connectivity index (χ3n) is 2.48. The highest BCUT2D eigenvalue weighted by Gasteiger charge is 2.16. The monoisotopic (exact) mass is 286 g/mol. The van der Waals surface area contributed by atoms with Gasteiger partial charge in [0, 0.05) is 36.6 Å². The fourth-order valence-electron chi connectivity index (χ4n) is 1.49. The summed E-state index contributed by atoms with van der Waals surface area (Å²) in [6.45, 7) is 6.24. The van der Waals surface area contributed by atoms with Gasteiger partial charge in [-0.3, -0.25) is 4.98 Å². The Bertz CT molecular complexity index is 329. The first-order valence-corrected chi connectivity index (χ1v) is 6.24. The molecule has 1 rings (SSSR count). The Hall–Kier alpha value is -0.450. The molecule has 1 heterocycles. The molecule has 0 aliphatic carbocycles. The standard InChI is InChI=1S/C12H19BrN2O/c1-12(2,3-4-16)9-15-7-10-5-11(13)8-14-6-10/h5-6,8,15-16H,3-4,7,9H2,1-2H3. The first-order valence-electron chi connectivity index (χ1n) is 5.44. The van der Waals surface area contributed by atoms with Crippen molar-refractivity contribution in [1.29, 1.82) is 0 Å². The Morgan fingerprint density at radius 2 is 2.19 bits per heavy atom. The van der Waals surface area contributed by atoms with Crippen LogP contribution >= 0.6 is 15.9 Å². The van der Waals surface area contributed by atoms with Gasteiger partial charge in [0.05, 0.1) is 0 Å². The van der Waals surface area contributed by atoms with Gasteiger partial charge in [0.15, 0.2) is 0 Å². The van der Waals surface area contributed by atoms with E-state index in [1.807, 2.05) is 6.20 Å². The number of aliphatic hydroxyl groups excluding tert-OH is 1. The summed E-state index contributed by atoms with van der Waals surface area (Å²) >= 11 is 3.40. The topological polar surface area (TPSA) is 45.1 Å². The van der Waals surface area contributed by atoms with Crippen LogP contribution < -0.4 is 5.32 Å². The number of nitrogens with zero attached hydrogens (tertiary/aromatic N) is 1. The summed E-state index contributed by atoms with van der Waals surface area (Å²) in [6.07, 6.45) is 4.45. The van der Waals surface area contributed by atoms with E-state index < -0.39 is 0 Å². The molecule has 4 heteroatoms. The largest absolute Gasteiger partial charge is 0.396 e. The third kappa shape index (κ3) is 5.05. The van der Waals surface area contributed by atoms with E-state index in [1.54, 1.807) is 6.20 Å². The van der Waals surface area contributed by atoms with Gasteiger partial charge in [-0.2, -0.15) is 0 Å². The number of pyridine rings is 1. The van der Waals surface area contributed by atoms with E-state index in [0.717, 1.165) is 29.5 Å². The lowest BCUT2D eigenvalue weighted by molar-refractivity contribution is 0.207. The summed E-state index contributed by atoms with van der Waals surface area (Å²) in [6, 6.07) is 2.05. The third-order valence-corrected chi connectivity index (χ3v) is 2.92. The van der Waals surface area contributed by atoms with Crippen molar-refractivity contribution in [2.45, 2.75) is 26.8 Å². The Morgan fingerprint density at radius 1 is 1.44 bits per heavy atom. The molecule has 0 spiro atoms. The second-order valence-electron chi connectivity index (χ2n) is 4.75. The Balaban J connectivity index is 2.35. The van der Waals surface area contributed by atoms with E-state index in [1.165, 1.54) is 0 Å². The number of halogens is 1. The average Bonchev–Trinajstić information content (AvgIpc) is 2.17. The number of aromatic nitrogens is 1. The molecule has 2 N–H and O–H groups in total. The molecule has 3 nitrogen and oxygen atoms in total. The Kier molecular flexibility index (Phi) is 5.38. The van der Waals surface area contributed by atoms with E-state index in [9.17, 15) is 0 Å². The van der Waals surface area contributed by atoms with Gasteiger partial charge >= 0.3 is 0 Å². The van der Waals surface area contributed by atoms with Crippen LogP contribution in [0.4, 0.5) is 0 Å². The second kappa shape index (κ2) is 6.33. The summed E-state index contributed by atoms with van der Waals surface area (Å²) in [7, 11) is 0. The van der Waals surface area contributed by atoms with Crippen LogP contribution in [0.2, 0.25) is 0 Å². The molecule has 0 unspecified atom stereocenters. The molecule has 0 bridgehead atoms. The van der Waals surface area contributed by atoms with Crippen LogP contribution in [0, 0.1) is 5.41 Å². The van der Waals surface area contributed by atoms with Crippen molar-refractivity contribution < 1.29 is 5.11 Å². The Labute approximate surface area is 105 Å². The maximum Gasteiger partial charge on any atom is 0.0436 e. The predicted molar refractivity (Wildman–Crippen MR) is 69.1 cm³/mol. The van der Waals surface area contributed by atoms with Gasteiger partial charge in [-0.1, -0.05) is 13.8 Å². The summed E-state index contributed by atoms with van der Waals surface area (Å²) in [5.41, 5.74) is 1.29. The lowest BCUT2D eigenvalue weighted by Crippen LogP contribution is -2.29. The summed E-state index contributed by atoms with van der Waals surface area (Å²) in [5, 5.41) is 12.3. The van der Waals surface area contributed by atoms with Crippen LogP contribution in [-0.2, 0) is 6.54 Å². The minimum Gasteiger partial charge on any atom is -0.396 e. The van der Waals surface area contributed by atoms with Gasteiger partial charge in [0.1, 0.15) is 0 Å². The van der Waals surface area contributed by atoms with Crippen LogP contribution in [0.3, 0.4) is 0 Å². The van der Waals surface area contributed by atoms with Crippen molar-refractivity contribution in [3.8, 4) is 0 Å². The highest BCUT2D eigenvalue weighted by molar-refractivity contribution is 9.10. The number of hydrogen-bond acceptors (Lipinski definition) is 3. The molecule has 0 radical (unpaired) electrons. The van der Waals surface area contributed by atoms with E-state index in [0.29, 0.717) is 0 Å². The molecule has 1 aromatic rings. The molecule has 16 heavy (non-hydrogen) atoms. The number of aliphatic hydroxyl groups is 1. The van der Waals surface area contributed by atoms with Crippen molar-refractivity contribution in [1.82, 2.24) is 10.3 Å². The van der Waals surface area contributed by atoms with Crippen LogP contribution in [0.15, 0.2) is 22.9 Å². The quantitative estimate of drug-likeness (QED) is 0.844. The maximum absolute atomic E-state index is 8.91. The molecule has 0 saturated carbocycles. The SMILES string of the molecule is CC(C)(CCO)CNCc1cncc(Br)c1. The second-order valence-corrected chi connectivity index (χ2v) is 5.67. The van der Waals surface area contributed by atoms with E-state index in [4.69, 9.17) is 5.11 Å². The molecule has 1 aromatic heterocycles. The molecule has 0 amide bonds. The van der Waals surface area contributed by atoms with E-state index in [2.05, 4.69) is 46.1 Å². The van der Waals surface area contributed by atoms with Crippen molar-refractivity contribution in [3.63, 3.8) is 0 Å². The van der Waals surface area contributed by atoms with Gasteiger partial charge in [0.2, 0.25) is 0 Å². The fraction of sp³-hybridized carbons (Fsp3) is 0.583. The minimum atomic E-state index is 0.133. The van der Waals surface area contributed by atoms with Gasteiger partial charge in [0.25, 0.3) is 0 Å². The molecule has 0 saturated heterocycles. The normalized spacial score (nSPS) is 11.8. The molecule has 0 aliphatic rings. The zero-order valence-corrected chi connectivity index (χ0v) is 11.4. The van der Waals surface area contributed by atoms with Crippen LogP contribution in [0.1, 0.15) is 25.8 Å². The van der Waals surface area contributed by atoms with Crippen molar-refractivity contribution in [2.24, 2.45) is 5.41 Å². The van der Waals surface area contributed by atoms with E-state index in [-0.39, 0.29) is 12.0 Å². The molecule has 0 atom stereocenters. The molecular formula is C12H19BrN2O. The van der Waals surface area contributed by atoms with Crippen molar-refractivity contribution in [2.75, 3.05) is 13.2 Å². The smallest absolute Gasteiger partial charge is 0.0436 e. The van der Waals surface area contributed by atoms with Gasteiger partial charge in [-0.15, -0.1) is 0 Å². The van der Waals surface area contributed by atoms with Crippen LogP contribution in [0.25, 0.3) is 0 Å². The number of rotatable bonds is 6. The van der Waals surface area contributed by atoms with Crippen molar-refractivity contribution in [3.05, 3.63) is 28.5 Å². The van der Waals surface area contributed by atoms with Gasteiger partial charge in [-0.25, -0.2) is 0 Å². The minimum absolute atomic E-state index is 0.133. The molecule has 0 aliphatic heterocycles. The zero-order chi connectivity index (χ0) is 12.0. The Morgan fingerprint density at radius 3 is 2.81 bits per heavy atom. The summed E-state index contributed by atoms with van der Waals surface area (Å²) < 4.78 is 1.00. The first-order chi connectivity index (χ1) is 7.53. The highest BCUT2D eigenvalue weighted by Crippen LogP contribution is 2.18. The highest BCUT2D eigenvalue weighted by atomic mass is 79.9.